The number of carbonyl (C=O) groups is 2. The highest BCUT2D eigenvalue weighted by Gasteiger charge is 2.28. The SMILES string of the molecule is Cc1cc(OC2CCC(=O)NC2=O)cc(SF)c1. The van der Waals surface area contributed by atoms with Crippen molar-refractivity contribution in [1.29, 1.82) is 0 Å². The van der Waals surface area contributed by atoms with Gasteiger partial charge in [-0.15, -0.1) is 0 Å². The van der Waals surface area contributed by atoms with Gasteiger partial charge in [-0.05, 0) is 30.7 Å². The third kappa shape index (κ3) is 3.01. The average molecular weight is 269 g/mol. The number of amides is 2. The van der Waals surface area contributed by atoms with Gasteiger partial charge in [0.2, 0.25) is 5.91 Å². The zero-order valence-electron chi connectivity index (χ0n) is 9.73. The summed E-state index contributed by atoms with van der Waals surface area (Å²) in [5, 5.41) is 2.21. The van der Waals surface area contributed by atoms with Gasteiger partial charge in [0.1, 0.15) is 5.75 Å². The minimum Gasteiger partial charge on any atom is -0.481 e. The summed E-state index contributed by atoms with van der Waals surface area (Å²) in [4.78, 5) is 22.9. The van der Waals surface area contributed by atoms with Crippen LogP contribution in [0.5, 0.6) is 5.75 Å². The molecule has 1 saturated heterocycles. The van der Waals surface area contributed by atoms with Gasteiger partial charge in [-0.2, -0.15) is 3.89 Å². The Bertz CT molecular complexity index is 492. The van der Waals surface area contributed by atoms with Gasteiger partial charge in [0, 0.05) is 17.7 Å². The number of aryl methyl sites for hydroxylation is 1. The smallest absolute Gasteiger partial charge is 0.267 e. The summed E-state index contributed by atoms with van der Waals surface area (Å²) in [6.45, 7) is 1.82. The van der Waals surface area contributed by atoms with Gasteiger partial charge in [0.25, 0.3) is 5.91 Å². The monoisotopic (exact) mass is 269 g/mol. The van der Waals surface area contributed by atoms with Gasteiger partial charge >= 0.3 is 0 Å². The fraction of sp³-hybridized carbons (Fsp3) is 0.333. The predicted octanol–water partition coefficient (Wildman–Crippen LogP) is 2.16. The number of carbonyl (C=O) groups excluding carboxylic acids is 2. The number of benzene rings is 1. The predicted molar refractivity (Wildman–Crippen MR) is 64.9 cm³/mol. The van der Waals surface area contributed by atoms with Crippen molar-refractivity contribution >= 4 is 24.0 Å². The van der Waals surface area contributed by atoms with Crippen LogP contribution in [0.15, 0.2) is 23.1 Å². The van der Waals surface area contributed by atoms with Crippen LogP contribution < -0.4 is 10.1 Å². The maximum Gasteiger partial charge on any atom is 0.267 e. The van der Waals surface area contributed by atoms with Crippen LogP contribution >= 0.6 is 12.1 Å². The molecular formula is C12H12FNO3S. The molecule has 1 aliphatic heterocycles. The normalized spacial score (nSPS) is 19.6. The van der Waals surface area contributed by atoms with Crippen LogP contribution in [-0.2, 0) is 9.59 Å². The molecule has 2 amide bonds. The summed E-state index contributed by atoms with van der Waals surface area (Å²) in [7, 11) is 0. The number of hydrogen-bond donors (Lipinski definition) is 1. The lowest BCUT2D eigenvalue weighted by Gasteiger charge is -2.22. The summed E-state index contributed by atoms with van der Waals surface area (Å²) in [5.41, 5.74) is 0.847. The zero-order valence-corrected chi connectivity index (χ0v) is 10.6. The third-order valence-electron chi connectivity index (χ3n) is 2.58. The molecule has 2 rings (SSSR count). The molecule has 0 aliphatic carbocycles. The molecule has 1 aromatic carbocycles. The van der Waals surface area contributed by atoms with Crippen LogP contribution in [0.25, 0.3) is 0 Å². The van der Waals surface area contributed by atoms with Crippen LogP contribution in [0, 0.1) is 6.92 Å². The van der Waals surface area contributed by atoms with Crippen molar-refractivity contribution in [2.75, 3.05) is 0 Å². The Morgan fingerprint density at radius 1 is 1.39 bits per heavy atom. The van der Waals surface area contributed by atoms with Gasteiger partial charge in [-0.1, -0.05) is 0 Å². The fourth-order valence-corrected chi connectivity index (χ4v) is 2.17. The van der Waals surface area contributed by atoms with Crippen LogP contribution in [-0.4, -0.2) is 17.9 Å². The van der Waals surface area contributed by atoms with Gasteiger partial charge < -0.3 is 4.74 Å². The minimum absolute atomic E-state index is 0.126. The largest absolute Gasteiger partial charge is 0.481 e. The lowest BCUT2D eigenvalue weighted by Crippen LogP contribution is -2.46. The quantitative estimate of drug-likeness (QED) is 0.854. The Labute approximate surface area is 108 Å². The molecule has 18 heavy (non-hydrogen) atoms. The standard InChI is InChI=1S/C12H12FNO3S/c1-7-4-8(6-9(5-7)18-13)17-10-2-3-11(15)14-12(10)16/h4-6,10H,2-3H2,1H3,(H,14,15,16). The van der Waals surface area contributed by atoms with Crippen molar-refractivity contribution in [1.82, 2.24) is 5.32 Å². The zero-order chi connectivity index (χ0) is 13.1. The van der Waals surface area contributed by atoms with E-state index in [2.05, 4.69) is 5.32 Å². The molecule has 0 bridgehead atoms. The molecule has 1 aromatic rings. The maximum absolute atomic E-state index is 12.5. The summed E-state index contributed by atoms with van der Waals surface area (Å²) >= 11 is 0.126. The molecule has 1 N–H and O–H groups in total. The van der Waals surface area contributed by atoms with E-state index in [1.54, 1.807) is 12.1 Å². The number of piperidine rings is 1. The van der Waals surface area contributed by atoms with Gasteiger partial charge in [0.05, 0.1) is 12.1 Å². The first-order chi connectivity index (χ1) is 8.58. The van der Waals surface area contributed by atoms with Crippen molar-refractivity contribution in [3.63, 3.8) is 0 Å². The van der Waals surface area contributed by atoms with Crippen LogP contribution in [0.1, 0.15) is 18.4 Å². The highest BCUT2D eigenvalue weighted by atomic mass is 32.2. The highest BCUT2D eigenvalue weighted by molar-refractivity contribution is 7.94. The van der Waals surface area contributed by atoms with Crippen LogP contribution in [0.3, 0.4) is 0 Å². The fourth-order valence-electron chi connectivity index (χ4n) is 1.78. The van der Waals surface area contributed by atoms with Gasteiger partial charge in [0.15, 0.2) is 6.10 Å². The van der Waals surface area contributed by atoms with E-state index in [9.17, 15) is 13.5 Å². The Hall–Kier alpha value is -1.56. The second kappa shape index (κ2) is 5.39. The molecule has 0 radical (unpaired) electrons. The number of halogens is 1. The molecule has 1 heterocycles. The van der Waals surface area contributed by atoms with E-state index in [-0.39, 0.29) is 24.5 Å². The molecule has 1 unspecified atom stereocenters. The minimum atomic E-state index is -0.693. The van der Waals surface area contributed by atoms with Crippen molar-refractivity contribution in [2.24, 2.45) is 0 Å². The third-order valence-corrected chi connectivity index (χ3v) is 2.99. The molecular weight excluding hydrogens is 257 g/mol. The molecule has 0 aromatic heterocycles. The molecule has 0 saturated carbocycles. The van der Waals surface area contributed by atoms with Crippen LogP contribution in [0.4, 0.5) is 3.89 Å². The van der Waals surface area contributed by atoms with Crippen molar-refractivity contribution in [3.05, 3.63) is 23.8 Å². The van der Waals surface area contributed by atoms with Crippen molar-refractivity contribution < 1.29 is 18.2 Å². The Morgan fingerprint density at radius 3 is 2.83 bits per heavy atom. The van der Waals surface area contributed by atoms with E-state index < -0.39 is 12.0 Å². The molecule has 1 fully saturated rings. The first-order valence-corrected chi connectivity index (χ1v) is 6.21. The van der Waals surface area contributed by atoms with E-state index in [4.69, 9.17) is 4.74 Å². The van der Waals surface area contributed by atoms with E-state index in [1.165, 1.54) is 6.07 Å². The molecule has 96 valence electrons. The maximum atomic E-state index is 12.5. The van der Waals surface area contributed by atoms with Crippen LogP contribution in [0.2, 0.25) is 0 Å². The summed E-state index contributed by atoms with van der Waals surface area (Å²) in [6, 6.07) is 4.94. The summed E-state index contributed by atoms with van der Waals surface area (Å²) < 4.78 is 18.0. The van der Waals surface area contributed by atoms with E-state index in [0.717, 1.165) is 5.56 Å². The summed E-state index contributed by atoms with van der Waals surface area (Å²) in [6.07, 6.45) is -0.0918. The second-order valence-electron chi connectivity index (χ2n) is 4.12. The number of ether oxygens (including phenoxy) is 1. The van der Waals surface area contributed by atoms with E-state index >= 15 is 0 Å². The Balaban J connectivity index is 2.11. The molecule has 0 spiro atoms. The molecule has 1 aliphatic rings. The summed E-state index contributed by atoms with van der Waals surface area (Å²) in [5.74, 6) is -0.295. The number of hydrogen-bond acceptors (Lipinski definition) is 4. The highest BCUT2D eigenvalue weighted by Crippen LogP contribution is 2.27. The topological polar surface area (TPSA) is 55.4 Å². The molecule has 1 atom stereocenters. The number of imide groups is 1. The molecule has 6 heteroatoms. The van der Waals surface area contributed by atoms with Crippen molar-refractivity contribution in [2.45, 2.75) is 30.8 Å². The van der Waals surface area contributed by atoms with E-state index in [1.807, 2.05) is 6.92 Å². The van der Waals surface area contributed by atoms with Crippen molar-refractivity contribution in [3.8, 4) is 5.75 Å². The molecule has 4 nitrogen and oxygen atoms in total. The Kier molecular flexibility index (Phi) is 3.86. The number of nitrogens with one attached hydrogen (secondary N) is 1. The second-order valence-corrected chi connectivity index (χ2v) is 4.74. The average Bonchev–Trinajstić information content (AvgIpc) is 2.32. The lowest BCUT2D eigenvalue weighted by atomic mass is 10.1. The first-order valence-electron chi connectivity index (χ1n) is 5.49. The first kappa shape index (κ1) is 12.9. The van der Waals surface area contributed by atoms with Gasteiger partial charge in [-0.3, -0.25) is 14.9 Å². The van der Waals surface area contributed by atoms with E-state index in [0.29, 0.717) is 17.1 Å². The Morgan fingerprint density at radius 2 is 2.17 bits per heavy atom. The van der Waals surface area contributed by atoms with Gasteiger partial charge in [-0.25, -0.2) is 0 Å². The number of rotatable bonds is 3. The lowest BCUT2D eigenvalue weighted by molar-refractivity contribution is -0.138.